The second-order valence-electron chi connectivity index (χ2n) is 9.27. The summed E-state index contributed by atoms with van der Waals surface area (Å²) in [5.74, 6) is -1.47. The SMILES string of the molecule is Cc1noc(-c2ccc(O[C@@H]3CCC[C@@H](C(=O)O)C3)c(F)c2)c1COC(=O)N(C)C1CCCC1. The van der Waals surface area contributed by atoms with E-state index in [1.54, 1.807) is 24.9 Å². The van der Waals surface area contributed by atoms with Gasteiger partial charge in [0.25, 0.3) is 0 Å². The highest BCUT2D eigenvalue weighted by Crippen LogP contribution is 2.33. The molecule has 2 atom stereocenters. The van der Waals surface area contributed by atoms with Gasteiger partial charge in [0, 0.05) is 18.7 Å². The normalized spacial score (nSPS) is 20.8. The van der Waals surface area contributed by atoms with Gasteiger partial charge in [-0.25, -0.2) is 9.18 Å². The molecule has 2 saturated carbocycles. The lowest BCUT2D eigenvalue weighted by Gasteiger charge is -2.27. The molecule has 1 aromatic heterocycles. The largest absolute Gasteiger partial charge is 0.487 e. The molecule has 9 heteroatoms. The maximum Gasteiger partial charge on any atom is 0.410 e. The molecule has 1 N–H and O–H groups in total. The zero-order chi connectivity index (χ0) is 24.2. The summed E-state index contributed by atoms with van der Waals surface area (Å²) in [6, 6.07) is 4.66. The van der Waals surface area contributed by atoms with E-state index in [9.17, 15) is 19.1 Å². The fourth-order valence-corrected chi connectivity index (χ4v) is 4.86. The average molecular weight is 475 g/mol. The van der Waals surface area contributed by atoms with Crippen LogP contribution in [0, 0.1) is 18.7 Å². The van der Waals surface area contributed by atoms with Crippen molar-refractivity contribution in [1.29, 1.82) is 0 Å². The number of carboxylic acids is 1. The van der Waals surface area contributed by atoms with Crippen LogP contribution in [0.4, 0.5) is 9.18 Å². The lowest BCUT2D eigenvalue weighted by Crippen LogP contribution is -2.35. The van der Waals surface area contributed by atoms with Crippen LogP contribution in [0.3, 0.4) is 0 Å². The molecule has 0 radical (unpaired) electrons. The second-order valence-corrected chi connectivity index (χ2v) is 9.27. The number of benzene rings is 1. The lowest BCUT2D eigenvalue weighted by molar-refractivity contribution is -0.143. The number of carbonyl (C=O) groups excluding carboxylic acids is 1. The number of ether oxygens (including phenoxy) is 2. The molecule has 0 bridgehead atoms. The first-order valence-corrected chi connectivity index (χ1v) is 11.9. The van der Waals surface area contributed by atoms with E-state index in [1.807, 2.05) is 0 Å². The molecular formula is C25H31FN2O6. The third kappa shape index (κ3) is 5.34. The molecule has 2 fully saturated rings. The molecule has 8 nitrogen and oxygen atoms in total. The van der Waals surface area contributed by atoms with Crippen molar-refractivity contribution < 1.29 is 33.1 Å². The van der Waals surface area contributed by atoms with Gasteiger partial charge in [-0.05, 0) is 63.6 Å². The monoisotopic (exact) mass is 474 g/mol. The van der Waals surface area contributed by atoms with Gasteiger partial charge in [-0.1, -0.05) is 18.0 Å². The van der Waals surface area contributed by atoms with Crippen LogP contribution in [-0.2, 0) is 16.1 Å². The highest BCUT2D eigenvalue weighted by Gasteiger charge is 2.29. The van der Waals surface area contributed by atoms with Crippen molar-refractivity contribution in [2.75, 3.05) is 7.05 Å². The van der Waals surface area contributed by atoms with Gasteiger partial charge < -0.3 is 24.0 Å². The van der Waals surface area contributed by atoms with E-state index in [1.165, 1.54) is 12.1 Å². The van der Waals surface area contributed by atoms with Crippen molar-refractivity contribution >= 4 is 12.1 Å². The van der Waals surface area contributed by atoms with Crippen LogP contribution >= 0.6 is 0 Å². The fourth-order valence-electron chi connectivity index (χ4n) is 4.86. The fraction of sp³-hybridized carbons (Fsp3) is 0.560. The minimum Gasteiger partial charge on any atom is -0.487 e. The zero-order valence-electron chi connectivity index (χ0n) is 19.6. The number of aryl methyl sites for hydroxylation is 1. The van der Waals surface area contributed by atoms with Gasteiger partial charge in [-0.3, -0.25) is 4.79 Å². The highest BCUT2D eigenvalue weighted by atomic mass is 19.1. The van der Waals surface area contributed by atoms with Gasteiger partial charge in [0.15, 0.2) is 17.3 Å². The smallest absolute Gasteiger partial charge is 0.410 e. The third-order valence-corrected chi connectivity index (χ3v) is 6.95. The molecule has 2 aliphatic rings. The first kappa shape index (κ1) is 24.0. The number of rotatable bonds is 7. The van der Waals surface area contributed by atoms with Crippen molar-refractivity contribution in [3.8, 4) is 17.1 Å². The van der Waals surface area contributed by atoms with Crippen molar-refractivity contribution in [2.24, 2.45) is 5.92 Å². The molecule has 1 aromatic carbocycles. The number of aromatic nitrogens is 1. The number of nitrogens with zero attached hydrogens (tertiary/aromatic N) is 2. The minimum atomic E-state index is -0.840. The molecule has 4 rings (SSSR count). The van der Waals surface area contributed by atoms with Gasteiger partial charge in [-0.15, -0.1) is 0 Å². The maximum atomic E-state index is 14.9. The predicted octanol–water partition coefficient (Wildman–Crippen LogP) is 5.32. The van der Waals surface area contributed by atoms with Crippen molar-refractivity contribution in [1.82, 2.24) is 10.1 Å². The molecule has 1 heterocycles. The Labute approximate surface area is 198 Å². The Morgan fingerprint density at radius 1 is 1.21 bits per heavy atom. The summed E-state index contributed by atoms with van der Waals surface area (Å²) in [5, 5.41) is 13.2. The molecule has 184 valence electrons. The summed E-state index contributed by atoms with van der Waals surface area (Å²) in [6.07, 6.45) is 5.85. The number of hydrogen-bond acceptors (Lipinski definition) is 6. The summed E-state index contributed by atoms with van der Waals surface area (Å²) in [4.78, 5) is 25.4. The van der Waals surface area contributed by atoms with Crippen LogP contribution in [0.2, 0.25) is 0 Å². The summed E-state index contributed by atoms with van der Waals surface area (Å²) in [5.41, 5.74) is 1.60. The van der Waals surface area contributed by atoms with Crippen LogP contribution in [0.1, 0.15) is 62.6 Å². The number of amides is 1. The highest BCUT2D eigenvalue weighted by molar-refractivity contribution is 5.70. The molecule has 0 aliphatic heterocycles. The molecule has 1 amide bonds. The van der Waals surface area contributed by atoms with Gasteiger partial charge in [0.1, 0.15) is 6.61 Å². The van der Waals surface area contributed by atoms with E-state index < -0.39 is 23.8 Å². The molecule has 0 saturated heterocycles. The number of aliphatic carboxylic acids is 1. The van der Waals surface area contributed by atoms with E-state index in [4.69, 9.17) is 14.0 Å². The van der Waals surface area contributed by atoms with Gasteiger partial charge >= 0.3 is 12.1 Å². The summed E-state index contributed by atoms with van der Waals surface area (Å²) >= 11 is 0. The van der Waals surface area contributed by atoms with E-state index in [-0.39, 0.29) is 24.5 Å². The van der Waals surface area contributed by atoms with Crippen molar-refractivity contribution in [3.63, 3.8) is 0 Å². The Balaban J connectivity index is 1.43. The second kappa shape index (κ2) is 10.4. The third-order valence-electron chi connectivity index (χ3n) is 6.95. The number of hydrogen-bond donors (Lipinski definition) is 1. The van der Waals surface area contributed by atoms with E-state index in [2.05, 4.69) is 5.16 Å². The van der Waals surface area contributed by atoms with Gasteiger partial charge in [0.05, 0.1) is 23.3 Å². The van der Waals surface area contributed by atoms with Crippen LogP contribution in [0.5, 0.6) is 5.75 Å². The van der Waals surface area contributed by atoms with Crippen LogP contribution in [0.25, 0.3) is 11.3 Å². The lowest BCUT2D eigenvalue weighted by atomic mass is 9.87. The Bertz CT molecular complexity index is 1030. The topological polar surface area (TPSA) is 102 Å². The van der Waals surface area contributed by atoms with Gasteiger partial charge in [-0.2, -0.15) is 0 Å². The van der Waals surface area contributed by atoms with Crippen molar-refractivity contribution in [3.05, 3.63) is 35.3 Å². The van der Waals surface area contributed by atoms with Crippen molar-refractivity contribution in [2.45, 2.75) is 77.0 Å². The molecule has 0 unspecified atom stereocenters. The standard InChI is InChI=1S/C25H31FN2O6/c1-15-20(14-32-25(31)28(2)18-7-3-4-8-18)23(34-27-15)16-10-11-22(21(26)13-16)33-19-9-5-6-17(12-19)24(29)30/h10-11,13,17-19H,3-9,12,14H2,1-2H3,(H,29,30)/t17-,19-/m1/s1. The summed E-state index contributed by atoms with van der Waals surface area (Å²) < 4.78 is 31.6. The number of carbonyl (C=O) groups is 2. The molecule has 2 aromatic rings. The molecule has 34 heavy (non-hydrogen) atoms. The van der Waals surface area contributed by atoms with E-state index in [0.717, 1.165) is 32.1 Å². The van der Waals surface area contributed by atoms with Crippen LogP contribution in [-0.4, -0.2) is 46.4 Å². The molecule has 0 spiro atoms. The van der Waals surface area contributed by atoms with E-state index >= 15 is 0 Å². The Morgan fingerprint density at radius 3 is 2.68 bits per heavy atom. The molecular weight excluding hydrogens is 443 g/mol. The van der Waals surface area contributed by atoms with Crippen LogP contribution in [0.15, 0.2) is 22.7 Å². The minimum absolute atomic E-state index is 0.0287. The number of carboxylic acid groups (broad SMARTS) is 1. The predicted molar refractivity (Wildman–Crippen MR) is 121 cm³/mol. The summed E-state index contributed by atoms with van der Waals surface area (Å²) in [6.45, 7) is 1.71. The average Bonchev–Trinajstić information content (AvgIpc) is 3.48. The molecule has 2 aliphatic carbocycles. The Kier molecular flexibility index (Phi) is 7.38. The van der Waals surface area contributed by atoms with Gasteiger partial charge in [0.2, 0.25) is 0 Å². The zero-order valence-corrected chi connectivity index (χ0v) is 19.6. The van der Waals surface area contributed by atoms with E-state index in [0.29, 0.717) is 41.8 Å². The van der Waals surface area contributed by atoms with Crippen LogP contribution < -0.4 is 4.74 Å². The maximum absolute atomic E-state index is 14.9. The Hall–Kier alpha value is -3.10. The quantitative estimate of drug-likeness (QED) is 0.579. The Morgan fingerprint density at radius 2 is 1.97 bits per heavy atom. The number of halogens is 1. The first-order chi connectivity index (χ1) is 16.3. The first-order valence-electron chi connectivity index (χ1n) is 11.9. The summed E-state index contributed by atoms with van der Waals surface area (Å²) in [7, 11) is 1.75.